The molecule has 120 valence electrons. The molecule has 1 heterocycles. The zero-order valence-electron chi connectivity index (χ0n) is 13.6. The number of aryl methyl sites for hydroxylation is 1. The Morgan fingerprint density at radius 2 is 2.17 bits per heavy atom. The van der Waals surface area contributed by atoms with Crippen molar-refractivity contribution in [3.8, 4) is 0 Å². The lowest BCUT2D eigenvalue weighted by Gasteiger charge is -2.28. The van der Waals surface area contributed by atoms with E-state index in [1.165, 1.54) is 0 Å². The molecule has 2 atom stereocenters. The SMILES string of the molecule is CC1C=Cc2c(ccn(C)c2=O)C1NC(=O)CC1=CCCC=C1. The Morgan fingerprint density at radius 1 is 1.35 bits per heavy atom. The molecule has 0 aromatic carbocycles. The van der Waals surface area contributed by atoms with Crippen LogP contribution < -0.4 is 10.9 Å². The molecular weight excluding hydrogens is 288 g/mol. The summed E-state index contributed by atoms with van der Waals surface area (Å²) in [4.78, 5) is 24.6. The van der Waals surface area contributed by atoms with Gasteiger partial charge in [0.2, 0.25) is 5.91 Å². The number of hydrogen-bond donors (Lipinski definition) is 1. The van der Waals surface area contributed by atoms with Gasteiger partial charge in [-0.15, -0.1) is 0 Å². The van der Waals surface area contributed by atoms with Crippen molar-refractivity contribution < 1.29 is 4.79 Å². The molecule has 0 saturated carbocycles. The number of fused-ring (bicyclic) bond motifs is 1. The first-order chi connectivity index (χ1) is 11.1. The maximum absolute atomic E-state index is 12.4. The fraction of sp³-hybridized carbons (Fsp3) is 0.368. The van der Waals surface area contributed by atoms with Gasteiger partial charge in [-0.2, -0.15) is 0 Å². The average molecular weight is 310 g/mol. The Balaban J connectivity index is 1.80. The van der Waals surface area contributed by atoms with Crippen LogP contribution in [0.15, 0.2) is 46.9 Å². The highest BCUT2D eigenvalue weighted by Crippen LogP contribution is 2.30. The van der Waals surface area contributed by atoms with Gasteiger partial charge in [0.1, 0.15) is 0 Å². The van der Waals surface area contributed by atoms with E-state index >= 15 is 0 Å². The van der Waals surface area contributed by atoms with E-state index < -0.39 is 0 Å². The summed E-state index contributed by atoms with van der Waals surface area (Å²) in [6, 6.07) is 1.78. The minimum Gasteiger partial charge on any atom is -0.348 e. The van der Waals surface area contributed by atoms with E-state index in [-0.39, 0.29) is 23.4 Å². The van der Waals surface area contributed by atoms with Crippen molar-refractivity contribution in [2.24, 2.45) is 13.0 Å². The Labute approximate surface area is 136 Å². The van der Waals surface area contributed by atoms with Gasteiger partial charge in [-0.3, -0.25) is 9.59 Å². The van der Waals surface area contributed by atoms with Gasteiger partial charge in [-0.25, -0.2) is 0 Å². The van der Waals surface area contributed by atoms with Crippen LogP contribution in [-0.4, -0.2) is 10.5 Å². The molecule has 2 aliphatic rings. The van der Waals surface area contributed by atoms with Crippen LogP contribution in [0, 0.1) is 5.92 Å². The molecule has 1 aromatic heterocycles. The summed E-state index contributed by atoms with van der Waals surface area (Å²) in [5.41, 5.74) is 2.62. The molecule has 0 bridgehead atoms. The Hall–Kier alpha value is -2.36. The van der Waals surface area contributed by atoms with Crippen molar-refractivity contribution in [1.29, 1.82) is 0 Å². The fourth-order valence-electron chi connectivity index (χ4n) is 3.16. The largest absolute Gasteiger partial charge is 0.348 e. The normalized spacial score (nSPS) is 22.4. The third-order valence-corrected chi connectivity index (χ3v) is 4.52. The summed E-state index contributed by atoms with van der Waals surface area (Å²) in [7, 11) is 1.74. The number of allylic oxidation sites excluding steroid dienone is 3. The predicted octanol–water partition coefficient (Wildman–Crippen LogP) is 2.87. The molecule has 3 rings (SSSR count). The lowest BCUT2D eigenvalue weighted by atomic mass is 9.86. The van der Waals surface area contributed by atoms with Gasteiger partial charge in [0.05, 0.1) is 12.5 Å². The first-order valence-corrected chi connectivity index (χ1v) is 8.09. The quantitative estimate of drug-likeness (QED) is 0.933. The molecule has 0 saturated heterocycles. The molecule has 0 spiro atoms. The van der Waals surface area contributed by atoms with Gasteiger partial charge in [-0.05, 0) is 36.0 Å². The van der Waals surface area contributed by atoms with Crippen LogP contribution in [0.1, 0.15) is 43.4 Å². The molecular formula is C19H22N2O2. The Kier molecular flexibility index (Phi) is 4.33. The number of pyridine rings is 1. The van der Waals surface area contributed by atoms with Gasteiger partial charge in [0.25, 0.3) is 5.56 Å². The Bertz CT molecular complexity index is 768. The van der Waals surface area contributed by atoms with Gasteiger partial charge < -0.3 is 9.88 Å². The summed E-state index contributed by atoms with van der Waals surface area (Å²) < 4.78 is 1.57. The molecule has 1 aromatic rings. The van der Waals surface area contributed by atoms with Crippen LogP contribution in [-0.2, 0) is 11.8 Å². The standard InChI is InChI=1S/C19H22N2O2/c1-13-8-9-16-15(10-11-21(2)19(16)23)18(13)20-17(22)12-14-6-4-3-5-7-14/h4,6-11,13,18H,3,5,12H2,1-2H3,(H,20,22). The van der Waals surface area contributed by atoms with Crippen LogP contribution in [0.3, 0.4) is 0 Å². The van der Waals surface area contributed by atoms with E-state index in [2.05, 4.69) is 24.4 Å². The van der Waals surface area contributed by atoms with Gasteiger partial charge in [0, 0.05) is 18.8 Å². The summed E-state index contributed by atoms with van der Waals surface area (Å²) in [5.74, 6) is 0.163. The molecule has 23 heavy (non-hydrogen) atoms. The smallest absolute Gasteiger partial charge is 0.257 e. The van der Waals surface area contributed by atoms with E-state index in [9.17, 15) is 9.59 Å². The molecule has 1 amide bonds. The monoisotopic (exact) mass is 310 g/mol. The van der Waals surface area contributed by atoms with Crippen LogP contribution in [0.5, 0.6) is 0 Å². The average Bonchev–Trinajstić information content (AvgIpc) is 2.54. The molecule has 4 nitrogen and oxygen atoms in total. The number of carbonyl (C=O) groups excluding carboxylic acids is 1. The number of amides is 1. The first kappa shape index (κ1) is 15.5. The number of rotatable bonds is 3. The van der Waals surface area contributed by atoms with E-state index in [0.29, 0.717) is 12.0 Å². The molecule has 1 N–H and O–H groups in total. The highest BCUT2D eigenvalue weighted by molar-refractivity contribution is 5.80. The van der Waals surface area contributed by atoms with E-state index in [4.69, 9.17) is 0 Å². The Morgan fingerprint density at radius 3 is 2.91 bits per heavy atom. The van der Waals surface area contributed by atoms with E-state index in [1.54, 1.807) is 17.8 Å². The number of aromatic nitrogens is 1. The minimum atomic E-state index is -0.149. The first-order valence-electron chi connectivity index (χ1n) is 8.09. The van der Waals surface area contributed by atoms with Crippen molar-refractivity contribution in [3.05, 3.63) is 63.6 Å². The summed E-state index contributed by atoms with van der Waals surface area (Å²) >= 11 is 0. The topological polar surface area (TPSA) is 51.1 Å². The van der Waals surface area contributed by atoms with Crippen molar-refractivity contribution in [1.82, 2.24) is 9.88 Å². The highest BCUT2D eigenvalue weighted by atomic mass is 16.1. The zero-order chi connectivity index (χ0) is 16.4. The van der Waals surface area contributed by atoms with Crippen LogP contribution in [0.4, 0.5) is 0 Å². The second kappa shape index (κ2) is 6.41. The second-order valence-corrected chi connectivity index (χ2v) is 6.30. The van der Waals surface area contributed by atoms with Gasteiger partial charge in [-0.1, -0.05) is 37.3 Å². The lowest BCUT2D eigenvalue weighted by Crippen LogP contribution is -2.36. The van der Waals surface area contributed by atoms with Crippen LogP contribution >= 0.6 is 0 Å². The lowest BCUT2D eigenvalue weighted by molar-refractivity contribution is -0.121. The number of nitrogens with one attached hydrogen (secondary N) is 1. The third kappa shape index (κ3) is 3.21. The molecule has 2 aliphatic carbocycles. The third-order valence-electron chi connectivity index (χ3n) is 4.52. The van der Waals surface area contributed by atoms with E-state index in [1.807, 2.05) is 24.3 Å². The summed E-state index contributed by atoms with van der Waals surface area (Å²) in [5, 5.41) is 3.11. The molecule has 4 heteroatoms. The van der Waals surface area contributed by atoms with Gasteiger partial charge in [0.15, 0.2) is 0 Å². The maximum Gasteiger partial charge on any atom is 0.257 e. The van der Waals surface area contributed by atoms with E-state index in [0.717, 1.165) is 24.0 Å². The number of carbonyl (C=O) groups is 1. The summed E-state index contributed by atoms with van der Waals surface area (Å²) in [6.07, 6.45) is 14.3. The van der Waals surface area contributed by atoms with Crippen LogP contribution in [0.2, 0.25) is 0 Å². The highest BCUT2D eigenvalue weighted by Gasteiger charge is 2.26. The maximum atomic E-state index is 12.4. The number of nitrogens with zero attached hydrogens (tertiary/aromatic N) is 1. The van der Waals surface area contributed by atoms with Crippen molar-refractivity contribution >= 4 is 12.0 Å². The van der Waals surface area contributed by atoms with Crippen LogP contribution in [0.25, 0.3) is 6.08 Å². The minimum absolute atomic E-state index is 0.00146. The zero-order valence-corrected chi connectivity index (χ0v) is 13.6. The fourth-order valence-corrected chi connectivity index (χ4v) is 3.16. The van der Waals surface area contributed by atoms with Gasteiger partial charge >= 0.3 is 0 Å². The molecule has 0 radical (unpaired) electrons. The molecule has 2 unspecified atom stereocenters. The molecule has 0 aliphatic heterocycles. The predicted molar refractivity (Wildman–Crippen MR) is 91.8 cm³/mol. The van der Waals surface area contributed by atoms with Crippen molar-refractivity contribution in [2.75, 3.05) is 0 Å². The van der Waals surface area contributed by atoms with Crippen molar-refractivity contribution in [2.45, 2.75) is 32.2 Å². The number of hydrogen-bond acceptors (Lipinski definition) is 2. The second-order valence-electron chi connectivity index (χ2n) is 6.30. The molecule has 0 fully saturated rings. The van der Waals surface area contributed by atoms with Crippen molar-refractivity contribution in [3.63, 3.8) is 0 Å². The summed E-state index contributed by atoms with van der Waals surface area (Å²) in [6.45, 7) is 2.06.